The SMILES string of the molecule is O=C(c1ccc(C(F)(F)F)nc1Cl)N1CCSCC1. The fourth-order valence-electron chi connectivity index (χ4n) is 1.69. The maximum absolute atomic E-state index is 12.4. The van der Waals surface area contributed by atoms with Crippen molar-refractivity contribution in [3.8, 4) is 0 Å². The molecule has 2 rings (SSSR count). The van der Waals surface area contributed by atoms with Gasteiger partial charge >= 0.3 is 6.18 Å². The van der Waals surface area contributed by atoms with E-state index in [1.807, 2.05) is 0 Å². The molecule has 104 valence electrons. The van der Waals surface area contributed by atoms with E-state index in [9.17, 15) is 18.0 Å². The Labute approximate surface area is 117 Å². The van der Waals surface area contributed by atoms with Crippen LogP contribution in [0, 0.1) is 0 Å². The Morgan fingerprint density at radius 2 is 1.95 bits per heavy atom. The molecule has 1 aromatic heterocycles. The fraction of sp³-hybridized carbons (Fsp3) is 0.455. The fourth-order valence-corrected chi connectivity index (χ4v) is 2.83. The minimum absolute atomic E-state index is 0.0153. The monoisotopic (exact) mass is 310 g/mol. The van der Waals surface area contributed by atoms with E-state index in [2.05, 4.69) is 4.98 Å². The predicted molar refractivity (Wildman–Crippen MR) is 67.5 cm³/mol. The molecule has 0 radical (unpaired) electrons. The normalized spacial score (nSPS) is 16.5. The average Bonchev–Trinajstić information content (AvgIpc) is 2.38. The lowest BCUT2D eigenvalue weighted by Gasteiger charge is -2.26. The molecule has 1 fully saturated rings. The summed E-state index contributed by atoms with van der Waals surface area (Å²) in [5.74, 6) is 1.26. The number of carbonyl (C=O) groups excluding carboxylic acids is 1. The molecule has 1 amide bonds. The van der Waals surface area contributed by atoms with E-state index in [0.29, 0.717) is 13.1 Å². The number of nitrogens with zero attached hydrogens (tertiary/aromatic N) is 2. The summed E-state index contributed by atoms with van der Waals surface area (Å²) in [4.78, 5) is 16.9. The quantitative estimate of drug-likeness (QED) is 0.748. The van der Waals surface area contributed by atoms with Crippen LogP contribution in [0.15, 0.2) is 12.1 Å². The zero-order valence-electron chi connectivity index (χ0n) is 9.71. The largest absolute Gasteiger partial charge is 0.433 e. The lowest BCUT2D eigenvalue weighted by atomic mass is 10.2. The summed E-state index contributed by atoms with van der Waals surface area (Å²) in [6, 6.07) is 1.86. The van der Waals surface area contributed by atoms with Crippen molar-refractivity contribution in [2.24, 2.45) is 0 Å². The van der Waals surface area contributed by atoms with Crippen molar-refractivity contribution >= 4 is 29.3 Å². The minimum Gasteiger partial charge on any atom is -0.337 e. The minimum atomic E-state index is -4.56. The van der Waals surface area contributed by atoms with Gasteiger partial charge in [-0.15, -0.1) is 0 Å². The van der Waals surface area contributed by atoms with Gasteiger partial charge in [0.25, 0.3) is 5.91 Å². The van der Waals surface area contributed by atoms with Gasteiger partial charge in [0, 0.05) is 24.6 Å². The van der Waals surface area contributed by atoms with Crippen LogP contribution in [0.5, 0.6) is 0 Å². The number of pyridine rings is 1. The Morgan fingerprint density at radius 1 is 1.32 bits per heavy atom. The Kier molecular flexibility index (Phi) is 4.25. The van der Waals surface area contributed by atoms with E-state index < -0.39 is 17.0 Å². The van der Waals surface area contributed by atoms with Crippen LogP contribution in [0.2, 0.25) is 5.15 Å². The van der Waals surface area contributed by atoms with Crippen molar-refractivity contribution in [3.63, 3.8) is 0 Å². The number of carbonyl (C=O) groups is 1. The van der Waals surface area contributed by atoms with Gasteiger partial charge in [0.05, 0.1) is 5.56 Å². The van der Waals surface area contributed by atoms with Crippen LogP contribution in [-0.4, -0.2) is 40.4 Å². The van der Waals surface area contributed by atoms with Gasteiger partial charge in [-0.2, -0.15) is 24.9 Å². The van der Waals surface area contributed by atoms with Crippen LogP contribution in [0.3, 0.4) is 0 Å². The highest BCUT2D eigenvalue weighted by Gasteiger charge is 2.33. The molecule has 0 atom stereocenters. The molecule has 1 saturated heterocycles. The Bertz CT molecular complexity index is 489. The first-order valence-electron chi connectivity index (χ1n) is 5.50. The van der Waals surface area contributed by atoms with Gasteiger partial charge in [0.15, 0.2) is 0 Å². The van der Waals surface area contributed by atoms with Crippen molar-refractivity contribution in [3.05, 3.63) is 28.5 Å². The van der Waals surface area contributed by atoms with Gasteiger partial charge in [0.1, 0.15) is 10.8 Å². The van der Waals surface area contributed by atoms with Gasteiger partial charge in [-0.1, -0.05) is 11.6 Å². The summed E-state index contributed by atoms with van der Waals surface area (Å²) in [5.41, 5.74) is -1.08. The smallest absolute Gasteiger partial charge is 0.337 e. The molecule has 1 aliphatic heterocycles. The summed E-state index contributed by atoms with van der Waals surface area (Å²) in [5, 5.41) is -0.405. The van der Waals surface area contributed by atoms with Crippen molar-refractivity contribution in [2.45, 2.75) is 6.18 Å². The maximum Gasteiger partial charge on any atom is 0.433 e. The number of alkyl halides is 3. The lowest BCUT2D eigenvalue weighted by molar-refractivity contribution is -0.141. The number of amides is 1. The van der Waals surface area contributed by atoms with Gasteiger partial charge in [-0.3, -0.25) is 4.79 Å². The van der Waals surface area contributed by atoms with Crippen LogP contribution in [0.4, 0.5) is 13.2 Å². The van der Waals surface area contributed by atoms with Crippen LogP contribution in [0.1, 0.15) is 16.1 Å². The molecular weight excluding hydrogens is 301 g/mol. The van der Waals surface area contributed by atoms with E-state index in [0.717, 1.165) is 23.6 Å². The molecule has 0 aromatic carbocycles. The molecule has 0 N–H and O–H groups in total. The van der Waals surface area contributed by atoms with Gasteiger partial charge < -0.3 is 4.90 Å². The van der Waals surface area contributed by atoms with Crippen molar-refractivity contribution in [1.82, 2.24) is 9.88 Å². The maximum atomic E-state index is 12.4. The Hall–Kier alpha value is -0.950. The number of hydrogen-bond donors (Lipinski definition) is 0. The zero-order valence-corrected chi connectivity index (χ0v) is 11.3. The van der Waals surface area contributed by atoms with Crippen molar-refractivity contribution < 1.29 is 18.0 Å². The summed E-state index contributed by atoms with van der Waals surface area (Å²) < 4.78 is 37.3. The third-order valence-electron chi connectivity index (χ3n) is 2.67. The number of thioether (sulfide) groups is 1. The number of aromatic nitrogens is 1. The van der Waals surface area contributed by atoms with Gasteiger partial charge in [0.2, 0.25) is 0 Å². The van der Waals surface area contributed by atoms with Crippen LogP contribution >= 0.6 is 23.4 Å². The molecule has 3 nitrogen and oxygen atoms in total. The first kappa shape index (κ1) is 14.5. The summed E-state index contributed by atoms with van der Waals surface area (Å²) >= 11 is 7.42. The molecule has 19 heavy (non-hydrogen) atoms. The third-order valence-corrected chi connectivity index (χ3v) is 3.90. The van der Waals surface area contributed by atoms with E-state index >= 15 is 0 Å². The molecule has 8 heteroatoms. The number of hydrogen-bond acceptors (Lipinski definition) is 3. The molecule has 0 unspecified atom stereocenters. The first-order valence-corrected chi connectivity index (χ1v) is 7.03. The van der Waals surface area contributed by atoms with Gasteiger partial charge in [-0.05, 0) is 12.1 Å². The van der Waals surface area contributed by atoms with Gasteiger partial charge in [-0.25, -0.2) is 4.98 Å². The molecule has 1 aliphatic rings. The zero-order chi connectivity index (χ0) is 14.0. The van der Waals surface area contributed by atoms with Crippen LogP contribution in [0.25, 0.3) is 0 Å². The number of halogens is 4. The second-order valence-corrected chi connectivity index (χ2v) is 5.52. The van der Waals surface area contributed by atoms with E-state index in [1.54, 1.807) is 16.7 Å². The highest BCUT2D eigenvalue weighted by atomic mass is 35.5. The van der Waals surface area contributed by atoms with Crippen LogP contribution in [-0.2, 0) is 6.18 Å². The molecule has 2 heterocycles. The predicted octanol–water partition coefficient (Wildman–Crippen LogP) is 2.94. The van der Waals surface area contributed by atoms with E-state index in [4.69, 9.17) is 11.6 Å². The van der Waals surface area contributed by atoms with Crippen molar-refractivity contribution in [2.75, 3.05) is 24.6 Å². The summed E-state index contributed by atoms with van der Waals surface area (Å²) in [6.45, 7) is 1.14. The second kappa shape index (κ2) is 5.58. The third kappa shape index (κ3) is 3.33. The first-order chi connectivity index (χ1) is 8.89. The summed E-state index contributed by atoms with van der Waals surface area (Å²) in [6.07, 6.45) is -4.56. The Morgan fingerprint density at radius 3 is 2.47 bits per heavy atom. The molecule has 0 aliphatic carbocycles. The van der Waals surface area contributed by atoms with Crippen LogP contribution < -0.4 is 0 Å². The standard InChI is InChI=1S/C11H10ClF3N2OS/c12-9-7(1-2-8(16-9)11(13,14)15)10(18)17-3-5-19-6-4-17/h1-2H,3-6H2. The number of rotatable bonds is 1. The Balaban J connectivity index is 2.23. The summed E-state index contributed by atoms with van der Waals surface area (Å²) in [7, 11) is 0. The van der Waals surface area contributed by atoms with E-state index in [1.165, 1.54) is 0 Å². The highest BCUT2D eigenvalue weighted by molar-refractivity contribution is 7.99. The van der Waals surface area contributed by atoms with E-state index in [-0.39, 0.29) is 11.5 Å². The topological polar surface area (TPSA) is 33.2 Å². The molecule has 1 aromatic rings. The molecular formula is C11H10ClF3N2OS. The molecule has 0 spiro atoms. The van der Waals surface area contributed by atoms with Crippen molar-refractivity contribution in [1.29, 1.82) is 0 Å². The second-order valence-electron chi connectivity index (χ2n) is 3.94. The molecule has 0 bridgehead atoms. The lowest BCUT2D eigenvalue weighted by Crippen LogP contribution is -2.38. The highest BCUT2D eigenvalue weighted by Crippen LogP contribution is 2.29. The average molecular weight is 311 g/mol. The molecule has 0 saturated carbocycles.